The van der Waals surface area contributed by atoms with E-state index < -0.39 is 0 Å². The van der Waals surface area contributed by atoms with Crippen LogP contribution in [0.3, 0.4) is 0 Å². The topological polar surface area (TPSA) is 0 Å². The van der Waals surface area contributed by atoms with E-state index in [-0.39, 0.29) is 8.80 Å². The minimum atomic E-state index is -0.0563. The molecule has 0 aromatic rings. The second kappa shape index (κ2) is 4.45. The summed E-state index contributed by atoms with van der Waals surface area (Å²) in [6.07, 6.45) is 6.12. The van der Waals surface area contributed by atoms with E-state index in [0.29, 0.717) is 0 Å². The summed E-state index contributed by atoms with van der Waals surface area (Å²) in [6.45, 7) is 9.75. The predicted molar refractivity (Wildman–Crippen MR) is 58.2 cm³/mol. The summed E-state index contributed by atoms with van der Waals surface area (Å²) < 4.78 is 0. The summed E-state index contributed by atoms with van der Waals surface area (Å²) >= 11 is 0. The SMILES string of the molecule is CC(C)[Si](C(C)C)C1CCCC1. The molecule has 0 amide bonds. The lowest BCUT2D eigenvalue weighted by Gasteiger charge is -2.28. The Morgan fingerprint density at radius 3 is 1.67 bits per heavy atom. The van der Waals surface area contributed by atoms with Crippen molar-refractivity contribution in [2.24, 2.45) is 0 Å². The van der Waals surface area contributed by atoms with Gasteiger partial charge in [0.1, 0.15) is 0 Å². The molecule has 0 unspecified atom stereocenters. The Morgan fingerprint density at radius 2 is 1.33 bits per heavy atom. The lowest BCUT2D eigenvalue weighted by molar-refractivity contribution is 0.783. The highest BCUT2D eigenvalue weighted by Crippen LogP contribution is 2.40. The fourth-order valence-electron chi connectivity index (χ4n) is 2.87. The zero-order valence-electron chi connectivity index (χ0n) is 9.06. The third kappa shape index (κ3) is 2.35. The molecule has 1 aliphatic carbocycles. The zero-order chi connectivity index (χ0) is 9.14. The fourth-order valence-corrected chi connectivity index (χ4v) is 7.16. The highest BCUT2D eigenvalue weighted by atomic mass is 28.3. The molecule has 71 valence electrons. The summed E-state index contributed by atoms with van der Waals surface area (Å²) in [5.41, 5.74) is 3.12. The van der Waals surface area contributed by atoms with Gasteiger partial charge in [-0.2, -0.15) is 0 Å². The third-order valence-corrected chi connectivity index (χ3v) is 7.35. The molecule has 0 heterocycles. The standard InChI is InChI=1S/C11H23Si/c1-9(2)12(10(3)4)11-7-5-6-8-11/h9-11H,5-8H2,1-4H3. The van der Waals surface area contributed by atoms with Gasteiger partial charge in [0.15, 0.2) is 0 Å². The van der Waals surface area contributed by atoms with Crippen LogP contribution in [0.5, 0.6) is 0 Å². The van der Waals surface area contributed by atoms with Crippen LogP contribution in [0, 0.1) is 0 Å². The Hall–Kier alpha value is 0.217. The van der Waals surface area contributed by atoms with Crippen LogP contribution in [0.4, 0.5) is 0 Å². The van der Waals surface area contributed by atoms with Crippen LogP contribution in [0.2, 0.25) is 16.6 Å². The van der Waals surface area contributed by atoms with Crippen molar-refractivity contribution < 1.29 is 0 Å². The average molecular weight is 183 g/mol. The molecular weight excluding hydrogens is 160 g/mol. The van der Waals surface area contributed by atoms with Crippen molar-refractivity contribution in [3.05, 3.63) is 0 Å². The van der Waals surface area contributed by atoms with Gasteiger partial charge in [-0.05, 0) is 5.54 Å². The molecule has 0 bridgehead atoms. The van der Waals surface area contributed by atoms with Gasteiger partial charge in [0, 0.05) is 0 Å². The van der Waals surface area contributed by atoms with E-state index in [1.165, 1.54) is 12.8 Å². The Kier molecular flexibility index (Phi) is 3.82. The van der Waals surface area contributed by atoms with Crippen LogP contribution in [-0.2, 0) is 0 Å². The Balaban J connectivity index is 2.52. The van der Waals surface area contributed by atoms with E-state index in [1.807, 2.05) is 0 Å². The normalized spacial score (nSPS) is 20.2. The van der Waals surface area contributed by atoms with Crippen LogP contribution in [-0.4, -0.2) is 8.80 Å². The first-order valence-electron chi connectivity index (χ1n) is 5.49. The Morgan fingerprint density at radius 1 is 0.917 bits per heavy atom. The largest absolute Gasteiger partial charge is 0.0653 e. The van der Waals surface area contributed by atoms with Crippen molar-refractivity contribution in [1.82, 2.24) is 0 Å². The van der Waals surface area contributed by atoms with Crippen molar-refractivity contribution in [1.29, 1.82) is 0 Å². The second-order valence-electron chi connectivity index (χ2n) is 4.79. The van der Waals surface area contributed by atoms with Gasteiger partial charge in [0.25, 0.3) is 0 Å². The van der Waals surface area contributed by atoms with E-state index in [9.17, 15) is 0 Å². The van der Waals surface area contributed by atoms with E-state index >= 15 is 0 Å². The number of hydrogen-bond donors (Lipinski definition) is 0. The van der Waals surface area contributed by atoms with Crippen LogP contribution >= 0.6 is 0 Å². The Bertz CT molecular complexity index is 115. The summed E-state index contributed by atoms with van der Waals surface area (Å²) in [7, 11) is -0.0563. The molecule has 0 spiro atoms. The molecule has 12 heavy (non-hydrogen) atoms. The molecule has 1 fully saturated rings. The summed E-state index contributed by atoms with van der Waals surface area (Å²) in [6, 6.07) is 0. The van der Waals surface area contributed by atoms with Crippen molar-refractivity contribution in [2.75, 3.05) is 0 Å². The highest BCUT2D eigenvalue weighted by Gasteiger charge is 2.30. The molecule has 1 rings (SSSR count). The van der Waals surface area contributed by atoms with Crippen LogP contribution < -0.4 is 0 Å². The number of hydrogen-bond acceptors (Lipinski definition) is 0. The van der Waals surface area contributed by atoms with E-state index in [0.717, 1.165) is 16.6 Å². The van der Waals surface area contributed by atoms with Gasteiger partial charge in [-0.25, -0.2) is 0 Å². The van der Waals surface area contributed by atoms with E-state index in [4.69, 9.17) is 0 Å². The van der Waals surface area contributed by atoms with Crippen LogP contribution in [0.25, 0.3) is 0 Å². The maximum Gasteiger partial charge on any atom is 0.0567 e. The molecular formula is C11H23Si. The van der Waals surface area contributed by atoms with Crippen LogP contribution in [0.15, 0.2) is 0 Å². The molecule has 0 aromatic heterocycles. The van der Waals surface area contributed by atoms with E-state index in [1.54, 1.807) is 12.8 Å². The van der Waals surface area contributed by atoms with Gasteiger partial charge in [-0.15, -0.1) is 0 Å². The summed E-state index contributed by atoms with van der Waals surface area (Å²) in [4.78, 5) is 0. The maximum atomic E-state index is 2.44. The first-order valence-corrected chi connectivity index (χ1v) is 7.22. The first-order chi connectivity index (χ1) is 5.63. The van der Waals surface area contributed by atoms with Gasteiger partial charge >= 0.3 is 0 Å². The van der Waals surface area contributed by atoms with Crippen molar-refractivity contribution in [3.8, 4) is 0 Å². The molecule has 0 N–H and O–H groups in total. The smallest absolute Gasteiger partial charge is 0.0567 e. The second-order valence-corrected chi connectivity index (χ2v) is 8.92. The minimum absolute atomic E-state index is 0.0563. The van der Waals surface area contributed by atoms with Crippen molar-refractivity contribution in [3.63, 3.8) is 0 Å². The summed E-state index contributed by atoms with van der Waals surface area (Å²) in [5, 5.41) is 0. The van der Waals surface area contributed by atoms with Crippen molar-refractivity contribution >= 4 is 8.80 Å². The maximum absolute atomic E-state index is 2.44. The average Bonchev–Trinajstić information content (AvgIpc) is 2.37. The molecule has 1 saturated carbocycles. The van der Waals surface area contributed by atoms with Gasteiger partial charge in [-0.1, -0.05) is 64.5 Å². The Labute approximate surface area is 79.4 Å². The van der Waals surface area contributed by atoms with E-state index in [2.05, 4.69) is 27.7 Å². The van der Waals surface area contributed by atoms with Crippen LogP contribution in [0.1, 0.15) is 53.4 Å². The lowest BCUT2D eigenvalue weighted by atomic mass is 10.4. The van der Waals surface area contributed by atoms with Gasteiger partial charge in [-0.3, -0.25) is 0 Å². The molecule has 1 aliphatic rings. The lowest BCUT2D eigenvalue weighted by Crippen LogP contribution is -2.26. The fraction of sp³-hybridized carbons (Fsp3) is 1.00. The summed E-state index contributed by atoms with van der Waals surface area (Å²) in [5.74, 6) is 0. The van der Waals surface area contributed by atoms with Gasteiger partial charge < -0.3 is 0 Å². The first kappa shape index (κ1) is 10.3. The molecule has 0 aliphatic heterocycles. The van der Waals surface area contributed by atoms with Gasteiger partial charge in [0.2, 0.25) is 0 Å². The molecule has 0 atom stereocenters. The quantitative estimate of drug-likeness (QED) is 0.574. The molecule has 1 radical (unpaired) electrons. The van der Waals surface area contributed by atoms with Crippen molar-refractivity contribution in [2.45, 2.75) is 70.0 Å². The highest BCUT2D eigenvalue weighted by molar-refractivity contribution is 6.63. The third-order valence-electron chi connectivity index (χ3n) is 3.16. The molecule has 0 aromatic carbocycles. The monoisotopic (exact) mass is 183 g/mol. The van der Waals surface area contributed by atoms with Gasteiger partial charge in [0.05, 0.1) is 8.80 Å². The molecule has 1 heteroatoms. The minimum Gasteiger partial charge on any atom is -0.0653 e. The zero-order valence-corrected chi connectivity index (χ0v) is 10.1. The molecule has 0 saturated heterocycles. The molecule has 0 nitrogen and oxygen atoms in total. The number of rotatable bonds is 3. The predicted octanol–water partition coefficient (Wildman–Crippen LogP) is 4.25.